The second kappa shape index (κ2) is 8.07. The first-order chi connectivity index (χ1) is 5.45. The summed E-state index contributed by atoms with van der Waals surface area (Å²) in [5.74, 6) is 0.110. The van der Waals surface area contributed by atoms with E-state index in [9.17, 15) is 8.42 Å². The van der Waals surface area contributed by atoms with Gasteiger partial charge in [0.1, 0.15) is 6.61 Å². The molecule has 0 saturated carbocycles. The van der Waals surface area contributed by atoms with Crippen molar-refractivity contribution in [1.29, 1.82) is 0 Å². The van der Waals surface area contributed by atoms with E-state index in [1.165, 1.54) is 0 Å². The fourth-order valence-electron chi connectivity index (χ4n) is 0.361. The van der Waals surface area contributed by atoms with Crippen molar-refractivity contribution < 1.29 is 47.4 Å². The summed E-state index contributed by atoms with van der Waals surface area (Å²) in [6.45, 7) is 3.83. The summed E-state index contributed by atoms with van der Waals surface area (Å²) in [5.41, 5.74) is 0.513. The van der Waals surface area contributed by atoms with Gasteiger partial charge in [-0.05, 0) is 13.8 Å². The van der Waals surface area contributed by atoms with E-state index in [1.807, 2.05) is 0 Å². The molecule has 8 heteroatoms. The van der Waals surface area contributed by atoms with Crippen LogP contribution in [0.15, 0.2) is 5.16 Å². The van der Waals surface area contributed by atoms with Crippen molar-refractivity contribution in [2.75, 3.05) is 12.4 Å². The first-order valence-electron chi connectivity index (χ1n) is 3.23. The second-order valence-electron chi connectivity index (χ2n) is 1.93. The molecule has 0 amide bonds. The molecule has 0 fully saturated rings. The minimum Gasteiger partial charge on any atom is -0.396 e. The van der Waals surface area contributed by atoms with E-state index in [4.69, 9.17) is 4.55 Å². The van der Waals surface area contributed by atoms with E-state index in [1.54, 1.807) is 13.8 Å². The number of oxime groups is 1. The van der Waals surface area contributed by atoms with Crippen molar-refractivity contribution >= 4 is 25.7 Å². The molecule has 0 radical (unpaired) electrons. The van der Waals surface area contributed by atoms with Gasteiger partial charge in [-0.15, -0.1) is 0 Å². The summed E-state index contributed by atoms with van der Waals surface area (Å²) in [6, 6.07) is 0. The van der Waals surface area contributed by atoms with Crippen LogP contribution >= 0.6 is 10.8 Å². The Hall–Kier alpha value is 0.730. The predicted molar refractivity (Wildman–Crippen MR) is 48.7 cm³/mol. The monoisotopic (exact) mass is 236 g/mol. The molecule has 1 N–H and O–H groups in total. The van der Waals surface area contributed by atoms with E-state index in [2.05, 4.69) is 9.99 Å². The molecule has 0 unspecified atom stereocenters. The largest absolute Gasteiger partial charge is 1.00 e. The van der Waals surface area contributed by atoms with Gasteiger partial charge < -0.3 is 4.84 Å². The first-order valence-corrected chi connectivity index (χ1v) is 6.17. The van der Waals surface area contributed by atoms with Crippen LogP contribution in [-0.2, 0) is 14.0 Å². The SMILES string of the molecule is CCO/N=C(\C)CSS(=O)(=O)O.[Na+]. The molecule has 0 aromatic heterocycles. The van der Waals surface area contributed by atoms with Gasteiger partial charge in [-0.1, -0.05) is 5.16 Å². The Balaban J connectivity index is 0. The van der Waals surface area contributed by atoms with E-state index < -0.39 is 9.15 Å². The molecule has 0 aromatic carbocycles. The zero-order valence-electron chi connectivity index (χ0n) is 7.85. The molecule has 0 aliphatic carbocycles. The summed E-state index contributed by atoms with van der Waals surface area (Å²) < 4.78 is 28.8. The van der Waals surface area contributed by atoms with Crippen molar-refractivity contribution in [3.8, 4) is 0 Å². The van der Waals surface area contributed by atoms with Gasteiger partial charge in [0.15, 0.2) is 0 Å². The number of rotatable bonds is 5. The zero-order valence-corrected chi connectivity index (χ0v) is 11.5. The average molecular weight is 236 g/mol. The average Bonchev–Trinajstić information content (AvgIpc) is 1.95. The molecule has 0 aliphatic rings. The first kappa shape index (κ1) is 16.2. The Labute approximate surface area is 104 Å². The molecule has 0 aliphatic heterocycles. The molecule has 5 nitrogen and oxygen atoms in total. The van der Waals surface area contributed by atoms with Crippen molar-refractivity contribution in [3.05, 3.63) is 0 Å². The summed E-state index contributed by atoms with van der Waals surface area (Å²) in [6.07, 6.45) is 0. The van der Waals surface area contributed by atoms with Crippen LogP contribution in [0.1, 0.15) is 13.8 Å². The van der Waals surface area contributed by atoms with Crippen LogP contribution in [-0.4, -0.2) is 31.0 Å². The molecule has 72 valence electrons. The molecular formula is C5H11NNaO4S2+. The predicted octanol–water partition coefficient (Wildman–Crippen LogP) is -2.06. The summed E-state index contributed by atoms with van der Waals surface area (Å²) in [7, 11) is -3.55. The number of hydrogen-bond acceptors (Lipinski definition) is 5. The fourth-order valence-corrected chi connectivity index (χ4v) is 1.69. The number of nitrogens with zero attached hydrogens (tertiary/aromatic N) is 1. The summed E-state index contributed by atoms with van der Waals surface area (Å²) >= 11 is 0. The van der Waals surface area contributed by atoms with Crippen molar-refractivity contribution in [3.63, 3.8) is 0 Å². The Bertz CT molecular complexity index is 251. The standard InChI is InChI=1S/C5H11NO4S2.Na/c1-3-10-6-5(2)4-11-12(7,8)9;/h3-4H2,1-2H3,(H,7,8,9);/q;+1/b6-5+;. The van der Waals surface area contributed by atoms with Gasteiger partial charge in [0, 0.05) is 10.8 Å². The fraction of sp³-hybridized carbons (Fsp3) is 0.800. The number of hydrogen-bond donors (Lipinski definition) is 1. The summed E-state index contributed by atoms with van der Waals surface area (Å²) in [5, 5.41) is 3.57. The quantitative estimate of drug-likeness (QED) is 0.195. The van der Waals surface area contributed by atoms with Gasteiger partial charge in [-0.2, -0.15) is 8.42 Å². The van der Waals surface area contributed by atoms with E-state index >= 15 is 0 Å². The molecule has 0 heterocycles. The Kier molecular flexibility index (Phi) is 10.0. The van der Waals surface area contributed by atoms with Gasteiger partial charge in [0.05, 0.1) is 11.5 Å². The molecule has 0 bridgehead atoms. The van der Waals surface area contributed by atoms with Gasteiger partial charge in [0.2, 0.25) is 0 Å². The Morgan fingerprint density at radius 1 is 1.62 bits per heavy atom. The van der Waals surface area contributed by atoms with Crippen LogP contribution in [0.2, 0.25) is 0 Å². The van der Waals surface area contributed by atoms with Crippen LogP contribution in [0, 0.1) is 0 Å². The van der Waals surface area contributed by atoms with Gasteiger partial charge in [0.25, 0.3) is 0 Å². The molecule has 13 heavy (non-hydrogen) atoms. The van der Waals surface area contributed by atoms with Crippen molar-refractivity contribution in [2.24, 2.45) is 5.16 Å². The van der Waals surface area contributed by atoms with Crippen LogP contribution < -0.4 is 29.6 Å². The molecule has 0 aromatic rings. The third-order valence-corrected chi connectivity index (χ3v) is 2.85. The van der Waals surface area contributed by atoms with Crippen molar-refractivity contribution in [2.45, 2.75) is 13.8 Å². The van der Waals surface area contributed by atoms with Crippen LogP contribution in [0.3, 0.4) is 0 Å². The Morgan fingerprint density at radius 2 is 2.15 bits per heavy atom. The van der Waals surface area contributed by atoms with E-state index in [0.29, 0.717) is 23.1 Å². The van der Waals surface area contributed by atoms with Crippen molar-refractivity contribution in [1.82, 2.24) is 0 Å². The molecular weight excluding hydrogens is 225 g/mol. The van der Waals surface area contributed by atoms with Gasteiger partial charge >= 0.3 is 38.7 Å². The second-order valence-corrected chi connectivity index (χ2v) is 5.28. The molecule has 0 saturated heterocycles. The van der Waals surface area contributed by atoms with Gasteiger partial charge in [-0.3, -0.25) is 4.55 Å². The third kappa shape index (κ3) is 12.7. The third-order valence-electron chi connectivity index (χ3n) is 0.766. The maximum atomic E-state index is 10.2. The topological polar surface area (TPSA) is 76.0 Å². The van der Waals surface area contributed by atoms with E-state index in [-0.39, 0.29) is 35.3 Å². The van der Waals surface area contributed by atoms with Crippen LogP contribution in [0.4, 0.5) is 0 Å². The van der Waals surface area contributed by atoms with E-state index in [0.717, 1.165) is 0 Å². The Morgan fingerprint density at radius 3 is 2.54 bits per heavy atom. The summed E-state index contributed by atoms with van der Waals surface area (Å²) in [4.78, 5) is 4.66. The molecule has 0 spiro atoms. The van der Waals surface area contributed by atoms with Crippen LogP contribution in [0.5, 0.6) is 0 Å². The van der Waals surface area contributed by atoms with Gasteiger partial charge in [-0.25, -0.2) is 0 Å². The normalized spacial score (nSPS) is 12.1. The zero-order chi connectivity index (χ0) is 9.61. The minimum atomic E-state index is -3.96. The van der Waals surface area contributed by atoms with Crippen LogP contribution in [0.25, 0.3) is 0 Å². The maximum Gasteiger partial charge on any atom is 1.00 e. The minimum absolute atomic E-state index is 0. The maximum absolute atomic E-state index is 10.2. The smallest absolute Gasteiger partial charge is 0.396 e. The molecule has 0 atom stereocenters. The molecule has 0 rings (SSSR count).